The first kappa shape index (κ1) is 11.8. The lowest BCUT2D eigenvalue weighted by Crippen LogP contribution is -2.33. The van der Waals surface area contributed by atoms with Crippen LogP contribution < -0.4 is 11.0 Å². The van der Waals surface area contributed by atoms with E-state index in [1.54, 1.807) is 0 Å². The molecule has 0 saturated carbocycles. The minimum atomic E-state index is -0.256. The first-order valence-electron chi connectivity index (χ1n) is 5.70. The molecular formula is C11H17N5O. The molecule has 2 aromatic heterocycles. The first-order valence-corrected chi connectivity index (χ1v) is 5.70. The van der Waals surface area contributed by atoms with Crippen molar-refractivity contribution in [2.24, 2.45) is 5.92 Å². The van der Waals surface area contributed by atoms with Crippen LogP contribution in [-0.2, 0) is 6.42 Å². The van der Waals surface area contributed by atoms with Gasteiger partial charge in [0.2, 0.25) is 0 Å². The standard InChI is InChI=1S/C11H17N5O/c1-7(2)9(12-3)4-8-5-10-14-15-11(17)16(10)6-13-8/h5-7,9,12H,4H2,1-3H3,(H,15,17). The second-order valence-corrected chi connectivity index (χ2v) is 4.48. The number of nitrogens with zero attached hydrogens (tertiary/aromatic N) is 3. The van der Waals surface area contributed by atoms with Gasteiger partial charge in [0.25, 0.3) is 0 Å². The lowest BCUT2D eigenvalue weighted by molar-refractivity contribution is 0.421. The van der Waals surface area contributed by atoms with Crippen LogP contribution in [0, 0.1) is 5.92 Å². The molecule has 1 atom stereocenters. The number of nitrogens with one attached hydrogen (secondary N) is 2. The quantitative estimate of drug-likeness (QED) is 0.794. The van der Waals surface area contributed by atoms with Crippen molar-refractivity contribution in [2.45, 2.75) is 26.3 Å². The molecule has 92 valence electrons. The van der Waals surface area contributed by atoms with Crippen LogP contribution in [0.15, 0.2) is 17.2 Å². The van der Waals surface area contributed by atoms with E-state index in [9.17, 15) is 4.79 Å². The SMILES string of the molecule is CNC(Cc1cc2n[nH]c(=O)n2cn1)C(C)C. The summed E-state index contributed by atoms with van der Waals surface area (Å²) in [6.07, 6.45) is 2.34. The number of aromatic amines is 1. The van der Waals surface area contributed by atoms with Crippen molar-refractivity contribution in [2.75, 3.05) is 7.05 Å². The summed E-state index contributed by atoms with van der Waals surface area (Å²) < 4.78 is 1.40. The number of H-pyrrole nitrogens is 1. The van der Waals surface area contributed by atoms with Crippen molar-refractivity contribution in [3.63, 3.8) is 0 Å². The van der Waals surface area contributed by atoms with Crippen LogP contribution in [0.2, 0.25) is 0 Å². The average Bonchev–Trinajstić information content (AvgIpc) is 2.67. The fourth-order valence-electron chi connectivity index (χ4n) is 1.86. The Hall–Kier alpha value is -1.69. The highest BCUT2D eigenvalue weighted by atomic mass is 16.1. The van der Waals surface area contributed by atoms with E-state index in [-0.39, 0.29) is 5.69 Å². The average molecular weight is 235 g/mol. The van der Waals surface area contributed by atoms with E-state index in [4.69, 9.17) is 0 Å². The summed E-state index contributed by atoms with van der Waals surface area (Å²) in [7, 11) is 1.95. The zero-order valence-corrected chi connectivity index (χ0v) is 10.3. The van der Waals surface area contributed by atoms with Gasteiger partial charge in [0.15, 0.2) is 5.65 Å². The van der Waals surface area contributed by atoms with E-state index in [0.717, 1.165) is 12.1 Å². The summed E-state index contributed by atoms with van der Waals surface area (Å²) >= 11 is 0. The third-order valence-electron chi connectivity index (χ3n) is 2.97. The smallest absolute Gasteiger partial charge is 0.316 e. The van der Waals surface area contributed by atoms with Gasteiger partial charge in [-0.05, 0) is 13.0 Å². The minimum absolute atomic E-state index is 0.256. The van der Waals surface area contributed by atoms with Crippen LogP contribution >= 0.6 is 0 Å². The molecule has 2 N–H and O–H groups in total. The maximum atomic E-state index is 11.3. The Bertz CT molecular complexity index is 556. The number of hydrogen-bond acceptors (Lipinski definition) is 4. The molecule has 0 saturated heterocycles. The number of fused-ring (bicyclic) bond motifs is 1. The van der Waals surface area contributed by atoms with Crippen LogP contribution in [-0.4, -0.2) is 32.7 Å². The van der Waals surface area contributed by atoms with Crippen molar-refractivity contribution in [3.8, 4) is 0 Å². The normalized spacial score (nSPS) is 13.4. The van der Waals surface area contributed by atoms with E-state index in [1.807, 2.05) is 13.1 Å². The molecule has 0 fully saturated rings. The molecule has 0 radical (unpaired) electrons. The predicted molar refractivity (Wildman–Crippen MR) is 65.0 cm³/mol. The summed E-state index contributed by atoms with van der Waals surface area (Å²) in [6, 6.07) is 2.21. The van der Waals surface area contributed by atoms with E-state index in [1.165, 1.54) is 10.7 Å². The van der Waals surface area contributed by atoms with Crippen LogP contribution in [0.5, 0.6) is 0 Å². The first-order chi connectivity index (χ1) is 8.11. The molecule has 17 heavy (non-hydrogen) atoms. The van der Waals surface area contributed by atoms with Gasteiger partial charge in [0.05, 0.1) is 0 Å². The predicted octanol–water partition coefficient (Wildman–Crippen LogP) is 0.204. The number of rotatable bonds is 4. The van der Waals surface area contributed by atoms with Gasteiger partial charge in [-0.1, -0.05) is 13.8 Å². The fourth-order valence-corrected chi connectivity index (χ4v) is 1.86. The molecule has 6 nitrogen and oxygen atoms in total. The Balaban J connectivity index is 2.27. The lowest BCUT2D eigenvalue weighted by atomic mass is 9.99. The van der Waals surface area contributed by atoms with Crippen LogP contribution in [0.1, 0.15) is 19.5 Å². The summed E-state index contributed by atoms with van der Waals surface area (Å²) in [4.78, 5) is 15.5. The highest BCUT2D eigenvalue weighted by Crippen LogP contribution is 2.08. The van der Waals surface area contributed by atoms with Gasteiger partial charge in [-0.15, -0.1) is 0 Å². The van der Waals surface area contributed by atoms with Crippen LogP contribution in [0.3, 0.4) is 0 Å². The van der Waals surface area contributed by atoms with Crippen molar-refractivity contribution in [1.29, 1.82) is 0 Å². The topological polar surface area (TPSA) is 75.1 Å². The van der Waals surface area contributed by atoms with Crippen LogP contribution in [0.25, 0.3) is 5.65 Å². The Labute approximate surface area is 99.1 Å². The molecule has 0 bridgehead atoms. The van der Waals surface area contributed by atoms with Crippen LogP contribution in [0.4, 0.5) is 0 Å². The molecular weight excluding hydrogens is 218 g/mol. The molecule has 0 aliphatic rings. The van der Waals surface area contributed by atoms with Crippen molar-refractivity contribution in [3.05, 3.63) is 28.6 Å². The molecule has 0 spiro atoms. The van der Waals surface area contributed by atoms with E-state index in [0.29, 0.717) is 17.6 Å². The van der Waals surface area contributed by atoms with Gasteiger partial charge < -0.3 is 5.32 Å². The second kappa shape index (κ2) is 4.67. The highest BCUT2D eigenvalue weighted by Gasteiger charge is 2.13. The molecule has 0 aliphatic heterocycles. The Morgan fingerprint density at radius 3 is 2.94 bits per heavy atom. The summed E-state index contributed by atoms with van der Waals surface area (Å²) in [5, 5.41) is 9.58. The Kier molecular flexibility index (Phi) is 3.23. The molecule has 2 rings (SSSR count). The third kappa shape index (κ3) is 2.36. The van der Waals surface area contributed by atoms with Gasteiger partial charge in [0, 0.05) is 24.2 Å². The fraction of sp³-hybridized carbons (Fsp3) is 0.545. The monoisotopic (exact) mass is 235 g/mol. The largest absolute Gasteiger partial charge is 0.348 e. The zero-order chi connectivity index (χ0) is 12.4. The Morgan fingerprint density at radius 1 is 1.53 bits per heavy atom. The summed E-state index contributed by atoms with van der Waals surface area (Å²) in [5.41, 5.74) is 1.29. The molecule has 2 aromatic rings. The van der Waals surface area contributed by atoms with Gasteiger partial charge in [-0.25, -0.2) is 19.3 Å². The van der Waals surface area contributed by atoms with Crippen molar-refractivity contribution < 1.29 is 0 Å². The third-order valence-corrected chi connectivity index (χ3v) is 2.97. The van der Waals surface area contributed by atoms with Crippen molar-refractivity contribution >= 4 is 5.65 Å². The molecule has 1 unspecified atom stereocenters. The summed E-state index contributed by atoms with van der Waals surface area (Å²) in [6.45, 7) is 4.33. The van der Waals surface area contributed by atoms with Gasteiger partial charge >= 0.3 is 5.69 Å². The molecule has 0 aliphatic carbocycles. The molecule has 0 aromatic carbocycles. The maximum absolute atomic E-state index is 11.3. The lowest BCUT2D eigenvalue weighted by Gasteiger charge is -2.19. The highest BCUT2D eigenvalue weighted by molar-refractivity contribution is 5.36. The van der Waals surface area contributed by atoms with Gasteiger partial charge in [-0.2, -0.15) is 5.10 Å². The van der Waals surface area contributed by atoms with Gasteiger partial charge in [0.1, 0.15) is 6.33 Å². The van der Waals surface area contributed by atoms with E-state index in [2.05, 4.69) is 34.3 Å². The zero-order valence-electron chi connectivity index (χ0n) is 10.3. The summed E-state index contributed by atoms with van der Waals surface area (Å²) in [5.74, 6) is 0.527. The minimum Gasteiger partial charge on any atom is -0.316 e. The Morgan fingerprint density at radius 2 is 2.29 bits per heavy atom. The second-order valence-electron chi connectivity index (χ2n) is 4.48. The van der Waals surface area contributed by atoms with E-state index < -0.39 is 0 Å². The molecule has 2 heterocycles. The number of likely N-dealkylation sites (N-methyl/N-ethyl adjacent to an activating group) is 1. The number of aromatic nitrogens is 4. The van der Waals surface area contributed by atoms with Gasteiger partial charge in [-0.3, -0.25) is 0 Å². The van der Waals surface area contributed by atoms with E-state index >= 15 is 0 Å². The number of hydrogen-bond donors (Lipinski definition) is 2. The molecule has 6 heteroatoms. The molecule has 0 amide bonds. The maximum Gasteiger partial charge on any atom is 0.348 e. The van der Waals surface area contributed by atoms with Crippen molar-refractivity contribution in [1.82, 2.24) is 24.9 Å².